The zero-order valence-corrected chi connectivity index (χ0v) is 24.9. The van der Waals surface area contributed by atoms with Gasteiger partial charge in [-0.05, 0) is 81.3 Å². The van der Waals surface area contributed by atoms with Crippen LogP contribution in [0.2, 0.25) is 0 Å². The summed E-state index contributed by atoms with van der Waals surface area (Å²) >= 11 is 0. The SMILES string of the molecule is COC(=O)Cn1c(=O)[nH]c2ccc(C(=O)c3c(C)c(-c4ccc(OCC(=O)OC(C)(C)C)cc4)c4ccccn34)cc2c1=O. The molecule has 0 aliphatic carbocycles. The molecule has 11 nitrogen and oxygen atoms in total. The van der Waals surface area contributed by atoms with Crippen LogP contribution in [0.1, 0.15) is 42.4 Å². The molecule has 5 rings (SSSR count). The highest BCUT2D eigenvalue weighted by Crippen LogP contribution is 2.35. The number of aromatic amines is 1. The molecular weight excluding hydrogens is 566 g/mol. The van der Waals surface area contributed by atoms with Crippen LogP contribution in [0.25, 0.3) is 27.5 Å². The Morgan fingerprint density at radius 3 is 2.34 bits per heavy atom. The first kappa shape index (κ1) is 30.0. The van der Waals surface area contributed by atoms with Crippen LogP contribution in [0.15, 0.2) is 76.4 Å². The summed E-state index contributed by atoms with van der Waals surface area (Å²) in [6, 6.07) is 17.3. The first-order chi connectivity index (χ1) is 20.9. The monoisotopic (exact) mass is 597 g/mol. The van der Waals surface area contributed by atoms with Crippen molar-refractivity contribution in [2.24, 2.45) is 0 Å². The van der Waals surface area contributed by atoms with E-state index in [0.717, 1.165) is 28.3 Å². The summed E-state index contributed by atoms with van der Waals surface area (Å²) in [6.07, 6.45) is 1.79. The van der Waals surface area contributed by atoms with E-state index in [1.165, 1.54) is 12.1 Å². The largest absolute Gasteiger partial charge is 0.482 e. The average molecular weight is 598 g/mol. The van der Waals surface area contributed by atoms with Crippen LogP contribution in [0.4, 0.5) is 0 Å². The summed E-state index contributed by atoms with van der Waals surface area (Å²) < 4.78 is 18.0. The number of nitrogens with one attached hydrogen (secondary N) is 1. The number of hydrogen-bond acceptors (Lipinski definition) is 8. The van der Waals surface area contributed by atoms with Gasteiger partial charge in [0.1, 0.15) is 17.9 Å². The van der Waals surface area contributed by atoms with Gasteiger partial charge in [0.2, 0.25) is 5.78 Å². The molecule has 3 heterocycles. The average Bonchev–Trinajstić information content (AvgIpc) is 3.28. The van der Waals surface area contributed by atoms with E-state index < -0.39 is 35.3 Å². The minimum Gasteiger partial charge on any atom is -0.482 e. The van der Waals surface area contributed by atoms with Gasteiger partial charge >= 0.3 is 17.6 Å². The second kappa shape index (κ2) is 11.7. The van der Waals surface area contributed by atoms with Crippen LogP contribution in [-0.2, 0) is 25.6 Å². The molecule has 44 heavy (non-hydrogen) atoms. The number of methoxy groups -OCH3 is 1. The first-order valence-electron chi connectivity index (χ1n) is 13.8. The normalized spacial score (nSPS) is 11.5. The van der Waals surface area contributed by atoms with Crippen molar-refractivity contribution in [3.63, 3.8) is 0 Å². The van der Waals surface area contributed by atoms with E-state index in [1.54, 1.807) is 49.6 Å². The van der Waals surface area contributed by atoms with Crippen molar-refractivity contribution in [2.75, 3.05) is 13.7 Å². The van der Waals surface area contributed by atoms with Crippen molar-refractivity contribution in [1.29, 1.82) is 0 Å². The lowest BCUT2D eigenvalue weighted by molar-refractivity contribution is -0.157. The van der Waals surface area contributed by atoms with Gasteiger partial charge in [-0.1, -0.05) is 18.2 Å². The van der Waals surface area contributed by atoms with Gasteiger partial charge in [0, 0.05) is 17.3 Å². The molecule has 2 aromatic carbocycles. The van der Waals surface area contributed by atoms with Crippen LogP contribution in [0.3, 0.4) is 0 Å². The van der Waals surface area contributed by atoms with Crippen LogP contribution < -0.4 is 16.0 Å². The van der Waals surface area contributed by atoms with Gasteiger partial charge in [0.25, 0.3) is 5.56 Å². The molecule has 11 heteroatoms. The molecule has 3 aromatic heterocycles. The van der Waals surface area contributed by atoms with Crippen LogP contribution >= 0.6 is 0 Å². The van der Waals surface area contributed by atoms with E-state index in [4.69, 9.17) is 9.47 Å². The molecule has 0 unspecified atom stereocenters. The molecule has 0 aliphatic heterocycles. The Kier molecular flexibility index (Phi) is 7.97. The van der Waals surface area contributed by atoms with Crippen LogP contribution in [0, 0.1) is 6.92 Å². The zero-order valence-electron chi connectivity index (χ0n) is 24.9. The van der Waals surface area contributed by atoms with Crippen molar-refractivity contribution in [1.82, 2.24) is 14.0 Å². The van der Waals surface area contributed by atoms with Gasteiger partial charge in [-0.3, -0.25) is 14.4 Å². The van der Waals surface area contributed by atoms with Gasteiger partial charge in [0.15, 0.2) is 6.61 Å². The third kappa shape index (κ3) is 5.89. The summed E-state index contributed by atoms with van der Waals surface area (Å²) in [5, 5.41) is 0.0834. The number of nitrogens with zero attached hydrogens (tertiary/aromatic N) is 2. The molecule has 1 N–H and O–H groups in total. The Balaban J connectivity index is 1.51. The minimum absolute atomic E-state index is 0.0834. The predicted molar refractivity (Wildman–Crippen MR) is 163 cm³/mol. The van der Waals surface area contributed by atoms with Crippen molar-refractivity contribution < 1.29 is 28.6 Å². The summed E-state index contributed by atoms with van der Waals surface area (Å²) in [7, 11) is 1.16. The van der Waals surface area contributed by atoms with Crippen LogP contribution in [-0.4, -0.2) is 51.0 Å². The number of esters is 2. The number of pyridine rings is 1. The fourth-order valence-corrected chi connectivity index (χ4v) is 5.07. The maximum absolute atomic E-state index is 14.0. The molecular formula is C33H31N3O8. The number of fused-ring (bicyclic) bond motifs is 2. The highest BCUT2D eigenvalue weighted by Gasteiger charge is 2.24. The van der Waals surface area contributed by atoms with E-state index in [2.05, 4.69) is 9.72 Å². The third-order valence-electron chi connectivity index (χ3n) is 6.98. The summed E-state index contributed by atoms with van der Waals surface area (Å²) in [4.78, 5) is 66.0. The Labute approximate surface area is 251 Å². The number of rotatable bonds is 8. The summed E-state index contributed by atoms with van der Waals surface area (Å²) in [6.45, 7) is 6.43. The Morgan fingerprint density at radius 2 is 1.66 bits per heavy atom. The number of aromatic nitrogens is 3. The van der Waals surface area contributed by atoms with E-state index in [-0.39, 0.29) is 28.9 Å². The minimum atomic E-state index is -0.758. The number of hydrogen-bond donors (Lipinski definition) is 1. The molecule has 5 aromatic rings. The second-order valence-corrected chi connectivity index (χ2v) is 11.2. The van der Waals surface area contributed by atoms with Crippen LogP contribution in [0.5, 0.6) is 5.75 Å². The molecule has 0 radical (unpaired) electrons. The highest BCUT2D eigenvalue weighted by molar-refractivity contribution is 6.12. The Hall–Kier alpha value is -5.45. The Morgan fingerprint density at radius 1 is 0.932 bits per heavy atom. The lowest BCUT2D eigenvalue weighted by Gasteiger charge is -2.19. The maximum atomic E-state index is 14.0. The Bertz CT molecular complexity index is 2040. The number of ether oxygens (including phenoxy) is 3. The van der Waals surface area contributed by atoms with Crippen molar-refractivity contribution >= 4 is 34.1 Å². The van der Waals surface area contributed by atoms with Gasteiger partial charge in [-0.15, -0.1) is 0 Å². The maximum Gasteiger partial charge on any atom is 0.344 e. The van der Waals surface area contributed by atoms with Gasteiger partial charge in [0.05, 0.1) is 29.2 Å². The molecule has 226 valence electrons. The van der Waals surface area contributed by atoms with Crippen molar-refractivity contribution in [3.8, 4) is 16.9 Å². The molecule has 0 saturated heterocycles. The zero-order chi connectivity index (χ0) is 31.8. The molecule has 0 amide bonds. The topological polar surface area (TPSA) is 138 Å². The number of ketones is 1. The highest BCUT2D eigenvalue weighted by atomic mass is 16.6. The van der Waals surface area contributed by atoms with Gasteiger partial charge in [-0.2, -0.15) is 0 Å². The van der Waals surface area contributed by atoms with Crippen molar-refractivity contribution in [3.05, 3.63) is 105 Å². The van der Waals surface area contributed by atoms with E-state index in [9.17, 15) is 24.0 Å². The fourth-order valence-electron chi connectivity index (χ4n) is 5.07. The van der Waals surface area contributed by atoms with E-state index in [1.807, 2.05) is 37.3 Å². The van der Waals surface area contributed by atoms with E-state index >= 15 is 0 Å². The molecule has 0 saturated carbocycles. The molecule has 0 atom stereocenters. The smallest absolute Gasteiger partial charge is 0.344 e. The standard InChI is InChI=1S/C33H31N3O8/c1-19-28(20-9-12-22(13-10-20)43-18-27(38)44-33(2,3)4)25-8-6-7-15-35(25)29(19)30(39)21-11-14-24-23(16-21)31(40)36(32(41)34-24)17-26(37)42-5/h6-16H,17-18H2,1-5H3,(H,34,41). The summed E-state index contributed by atoms with van der Waals surface area (Å²) in [5.41, 5.74) is 1.97. The lowest BCUT2D eigenvalue weighted by atomic mass is 9.98. The predicted octanol–water partition coefficient (Wildman–Crippen LogP) is 4.04. The number of carbonyl (C=O) groups is 3. The quantitative estimate of drug-likeness (QED) is 0.209. The van der Waals surface area contributed by atoms with Gasteiger partial charge < -0.3 is 23.6 Å². The number of carbonyl (C=O) groups excluding carboxylic acids is 3. The first-order valence-corrected chi connectivity index (χ1v) is 13.8. The second-order valence-electron chi connectivity index (χ2n) is 11.2. The molecule has 0 aliphatic rings. The lowest BCUT2D eigenvalue weighted by Crippen LogP contribution is -2.37. The number of H-pyrrole nitrogens is 1. The van der Waals surface area contributed by atoms with Gasteiger partial charge in [-0.25, -0.2) is 14.2 Å². The third-order valence-corrected chi connectivity index (χ3v) is 6.98. The number of benzene rings is 2. The molecule has 0 bridgehead atoms. The van der Waals surface area contributed by atoms with Crippen molar-refractivity contribution in [2.45, 2.75) is 39.8 Å². The molecule has 0 fully saturated rings. The summed E-state index contributed by atoms with van der Waals surface area (Å²) in [5.74, 6) is -1.07. The molecule has 0 spiro atoms. The fraction of sp³-hybridized carbons (Fsp3) is 0.242. The van der Waals surface area contributed by atoms with E-state index in [0.29, 0.717) is 17.0 Å².